The second kappa shape index (κ2) is 4.26. The number of methoxy groups -OCH3 is 1. The van der Waals surface area contributed by atoms with Crippen molar-refractivity contribution in [3.05, 3.63) is 53.6 Å². The first-order chi connectivity index (χ1) is 8.78. The molecule has 0 amide bonds. The Morgan fingerprint density at radius 3 is 2.33 bits per heavy atom. The molecule has 1 aliphatic heterocycles. The number of nitrogen functional groups attached to an aromatic ring is 1. The SMILES string of the molecule is COc1cc(N2Cc3ccccc3C2)ccc1N. The number of hydrogen-bond acceptors (Lipinski definition) is 3. The zero-order valence-corrected chi connectivity index (χ0v) is 10.4. The van der Waals surface area contributed by atoms with Crippen LogP contribution >= 0.6 is 0 Å². The number of hydrogen-bond donors (Lipinski definition) is 1. The van der Waals surface area contributed by atoms with Crippen LogP contribution < -0.4 is 15.4 Å². The number of rotatable bonds is 2. The molecule has 0 bridgehead atoms. The summed E-state index contributed by atoms with van der Waals surface area (Å²) in [6.07, 6.45) is 0. The van der Waals surface area contributed by atoms with E-state index in [9.17, 15) is 0 Å². The standard InChI is InChI=1S/C15H16N2O/c1-18-15-8-13(6-7-14(15)16)17-9-11-4-2-3-5-12(11)10-17/h2-8H,9-10,16H2,1H3. The van der Waals surface area contributed by atoms with E-state index in [0.29, 0.717) is 5.69 Å². The molecule has 0 fully saturated rings. The van der Waals surface area contributed by atoms with Crippen molar-refractivity contribution in [1.29, 1.82) is 0 Å². The van der Waals surface area contributed by atoms with E-state index in [2.05, 4.69) is 29.2 Å². The van der Waals surface area contributed by atoms with Crippen LogP contribution in [-0.2, 0) is 13.1 Å². The van der Waals surface area contributed by atoms with E-state index in [0.717, 1.165) is 24.5 Å². The van der Waals surface area contributed by atoms with E-state index in [1.165, 1.54) is 11.1 Å². The summed E-state index contributed by atoms with van der Waals surface area (Å²) in [4.78, 5) is 2.33. The van der Waals surface area contributed by atoms with Crippen LogP contribution in [0.3, 0.4) is 0 Å². The molecule has 0 atom stereocenters. The molecular formula is C15H16N2O. The predicted molar refractivity (Wildman–Crippen MR) is 73.7 cm³/mol. The number of fused-ring (bicyclic) bond motifs is 1. The van der Waals surface area contributed by atoms with Crippen molar-refractivity contribution in [3.8, 4) is 5.75 Å². The monoisotopic (exact) mass is 240 g/mol. The van der Waals surface area contributed by atoms with Gasteiger partial charge in [0.25, 0.3) is 0 Å². The molecule has 1 aliphatic rings. The minimum absolute atomic E-state index is 0.679. The molecule has 0 saturated carbocycles. The van der Waals surface area contributed by atoms with Crippen LogP contribution in [0.4, 0.5) is 11.4 Å². The predicted octanol–water partition coefficient (Wildman–Crippen LogP) is 2.80. The smallest absolute Gasteiger partial charge is 0.143 e. The van der Waals surface area contributed by atoms with Crippen LogP contribution in [0.1, 0.15) is 11.1 Å². The van der Waals surface area contributed by atoms with E-state index in [-0.39, 0.29) is 0 Å². The summed E-state index contributed by atoms with van der Waals surface area (Å²) in [5.41, 5.74) is 10.5. The molecule has 2 aromatic carbocycles. The molecule has 92 valence electrons. The average molecular weight is 240 g/mol. The Morgan fingerprint density at radius 2 is 1.72 bits per heavy atom. The van der Waals surface area contributed by atoms with E-state index in [1.807, 2.05) is 18.2 Å². The largest absolute Gasteiger partial charge is 0.495 e. The number of benzene rings is 2. The Kier molecular flexibility index (Phi) is 2.59. The molecule has 3 nitrogen and oxygen atoms in total. The van der Waals surface area contributed by atoms with Gasteiger partial charge in [-0.25, -0.2) is 0 Å². The summed E-state index contributed by atoms with van der Waals surface area (Å²) >= 11 is 0. The lowest BCUT2D eigenvalue weighted by molar-refractivity contribution is 0.417. The van der Waals surface area contributed by atoms with E-state index in [1.54, 1.807) is 7.11 Å². The summed E-state index contributed by atoms with van der Waals surface area (Å²) in [6.45, 7) is 1.90. The molecule has 0 radical (unpaired) electrons. The molecule has 3 heteroatoms. The summed E-state index contributed by atoms with van der Waals surface area (Å²) < 4.78 is 5.27. The Bertz CT molecular complexity index is 555. The number of nitrogens with zero attached hydrogens (tertiary/aromatic N) is 1. The second-order valence-electron chi connectivity index (χ2n) is 4.55. The second-order valence-corrected chi connectivity index (χ2v) is 4.55. The molecule has 0 saturated heterocycles. The fourth-order valence-electron chi connectivity index (χ4n) is 2.41. The van der Waals surface area contributed by atoms with E-state index < -0.39 is 0 Å². The molecule has 3 rings (SSSR count). The Hall–Kier alpha value is -2.16. The minimum Gasteiger partial charge on any atom is -0.495 e. The van der Waals surface area contributed by atoms with Gasteiger partial charge in [-0.1, -0.05) is 24.3 Å². The maximum Gasteiger partial charge on any atom is 0.143 e. The molecule has 18 heavy (non-hydrogen) atoms. The van der Waals surface area contributed by atoms with Crippen molar-refractivity contribution >= 4 is 11.4 Å². The van der Waals surface area contributed by atoms with Gasteiger partial charge in [-0.2, -0.15) is 0 Å². The Balaban J connectivity index is 1.90. The van der Waals surface area contributed by atoms with Crippen molar-refractivity contribution in [2.45, 2.75) is 13.1 Å². The van der Waals surface area contributed by atoms with Gasteiger partial charge in [-0.05, 0) is 23.3 Å². The molecule has 1 heterocycles. The van der Waals surface area contributed by atoms with Crippen LogP contribution in [0, 0.1) is 0 Å². The minimum atomic E-state index is 0.679. The highest BCUT2D eigenvalue weighted by Gasteiger charge is 2.19. The maximum atomic E-state index is 5.84. The molecule has 2 N–H and O–H groups in total. The molecule has 2 aromatic rings. The maximum absolute atomic E-state index is 5.84. The summed E-state index contributed by atoms with van der Waals surface area (Å²) in [7, 11) is 1.65. The van der Waals surface area contributed by atoms with Crippen LogP contribution in [0.5, 0.6) is 5.75 Å². The van der Waals surface area contributed by atoms with Gasteiger partial charge in [0.2, 0.25) is 0 Å². The third-order valence-electron chi connectivity index (χ3n) is 3.42. The number of nitrogens with two attached hydrogens (primary N) is 1. The van der Waals surface area contributed by atoms with Crippen LogP contribution in [0.25, 0.3) is 0 Å². The Morgan fingerprint density at radius 1 is 1.06 bits per heavy atom. The van der Waals surface area contributed by atoms with Crippen molar-refractivity contribution in [3.63, 3.8) is 0 Å². The molecule has 0 spiro atoms. The molecule has 0 unspecified atom stereocenters. The first-order valence-corrected chi connectivity index (χ1v) is 6.03. The summed E-state index contributed by atoms with van der Waals surface area (Å²) in [5.74, 6) is 0.739. The average Bonchev–Trinajstić information content (AvgIpc) is 2.83. The third-order valence-corrected chi connectivity index (χ3v) is 3.42. The summed E-state index contributed by atoms with van der Waals surface area (Å²) in [5, 5.41) is 0. The highest BCUT2D eigenvalue weighted by atomic mass is 16.5. The van der Waals surface area contributed by atoms with E-state index in [4.69, 9.17) is 10.5 Å². The zero-order valence-electron chi connectivity index (χ0n) is 10.4. The fourth-order valence-corrected chi connectivity index (χ4v) is 2.41. The van der Waals surface area contributed by atoms with Gasteiger partial charge in [0.1, 0.15) is 5.75 Å². The lowest BCUT2D eigenvalue weighted by atomic mass is 10.1. The van der Waals surface area contributed by atoms with Gasteiger partial charge in [0.15, 0.2) is 0 Å². The van der Waals surface area contributed by atoms with Gasteiger partial charge in [0.05, 0.1) is 12.8 Å². The number of anilines is 2. The molecule has 0 aromatic heterocycles. The quantitative estimate of drug-likeness (QED) is 0.820. The topological polar surface area (TPSA) is 38.5 Å². The number of ether oxygens (including phenoxy) is 1. The first-order valence-electron chi connectivity index (χ1n) is 6.03. The van der Waals surface area contributed by atoms with Crippen LogP contribution in [0.15, 0.2) is 42.5 Å². The molecular weight excluding hydrogens is 224 g/mol. The van der Waals surface area contributed by atoms with Gasteiger partial charge in [-0.15, -0.1) is 0 Å². The molecule has 0 aliphatic carbocycles. The normalized spacial score (nSPS) is 13.5. The lowest BCUT2D eigenvalue weighted by Gasteiger charge is -2.19. The highest BCUT2D eigenvalue weighted by Crippen LogP contribution is 2.32. The van der Waals surface area contributed by atoms with Crippen molar-refractivity contribution in [2.24, 2.45) is 0 Å². The van der Waals surface area contributed by atoms with Gasteiger partial charge in [-0.3, -0.25) is 0 Å². The van der Waals surface area contributed by atoms with Crippen LogP contribution in [0.2, 0.25) is 0 Å². The van der Waals surface area contributed by atoms with Gasteiger partial charge in [0, 0.05) is 24.8 Å². The first kappa shape index (κ1) is 11.0. The van der Waals surface area contributed by atoms with Crippen molar-refractivity contribution < 1.29 is 4.74 Å². The van der Waals surface area contributed by atoms with Gasteiger partial charge >= 0.3 is 0 Å². The Labute approximate surface area is 107 Å². The van der Waals surface area contributed by atoms with Crippen molar-refractivity contribution in [1.82, 2.24) is 0 Å². The zero-order chi connectivity index (χ0) is 12.5. The van der Waals surface area contributed by atoms with E-state index >= 15 is 0 Å². The lowest BCUT2D eigenvalue weighted by Crippen LogP contribution is -2.14. The fraction of sp³-hybridized carbons (Fsp3) is 0.200. The summed E-state index contributed by atoms with van der Waals surface area (Å²) in [6, 6.07) is 14.5. The van der Waals surface area contributed by atoms with Crippen LogP contribution in [-0.4, -0.2) is 7.11 Å². The van der Waals surface area contributed by atoms with Crippen molar-refractivity contribution in [2.75, 3.05) is 17.7 Å². The third kappa shape index (κ3) is 1.78. The highest BCUT2D eigenvalue weighted by molar-refractivity contribution is 5.63. The van der Waals surface area contributed by atoms with Gasteiger partial charge < -0.3 is 15.4 Å².